The van der Waals surface area contributed by atoms with Gasteiger partial charge in [0.15, 0.2) is 6.29 Å². The number of rotatable bonds is 19. The molecule has 7 N–H and O–H groups in total. The summed E-state index contributed by atoms with van der Waals surface area (Å²) in [7, 11) is 0. The lowest BCUT2D eigenvalue weighted by Crippen LogP contribution is -2.26. The monoisotopic (exact) mass is 818 g/mol. The minimum atomic E-state index is -1.26. The number of aliphatic hydroxyl groups excluding tert-OH is 7. The van der Waals surface area contributed by atoms with E-state index in [1.165, 1.54) is 0 Å². The fourth-order valence-corrected chi connectivity index (χ4v) is 6.50. The molecule has 4 aromatic carbocycles. The van der Waals surface area contributed by atoms with Crippen molar-refractivity contribution >= 4 is 5.97 Å². The van der Waals surface area contributed by atoms with Crippen LogP contribution in [0.3, 0.4) is 0 Å². The molecular weight excluding hydrogens is 757 g/mol. The van der Waals surface area contributed by atoms with Crippen molar-refractivity contribution < 1.29 is 59.5 Å². The molecule has 0 aliphatic rings. The third kappa shape index (κ3) is 12.3. The number of aliphatic hydroxyl groups is 7. The molecule has 12 heteroatoms. The number of carbonyl (C=O) groups excluding carboxylic acids is 1. The maximum atomic E-state index is 12.6. The predicted octanol–water partition coefficient (Wildman–Crippen LogP) is 5.62. The van der Waals surface area contributed by atoms with Crippen LogP contribution in [-0.2, 0) is 52.1 Å². The van der Waals surface area contributed by atoms with E-state index in [-0.39, 0.29) is 48.8 Å². The average molecular weight is 819 g/mol. The quantitative estimate of drug-likeness (QED) is 0.0457. The van der Waals surface area contributed by atoms with Gasteiger partial charge >= 0.3 is 5.97 Å². The highest BCUT2D eigenvalue weighted by Gasteiger charge is 2.29. The highest BCUT2D eigenvalue weighted by molar-refractivity contribution is 5.89. The molecule has 0 spiro atoms. The van der Waals surface area contributed by atoms with Gasteiger partial charge in [-0.15, -0.1) is 0 Å². The predicted molar refractivity (Wildman–Crippen MR) is 223 cm³/mol. The largest absolute Gasteiger partial charge is 0.490 e. The Morgan fingerprint density at radius 1 is 0.525 bits per heavy atom. The topological polar surface area (TPSA) is 196 Å². The normalized spacial score (nSPS) is 13.8. The zero-order chi connectivity index (χ0) is 43.7. The number of benzene rings is 4. The lowest BCUT2D eigenvalue weighted by atomic mass is 9.76. The third-order valence-electron chi connectivity index (χ3n) is 10.4. The molecule has 4 aromatic rings. The molecule has 0 fully saturated rings. The average Bonchev–Trinajstić information content (AvgIpc) is 3.21. The van der Waals surface area contributed by atoms with E-state index in [4.69, 9.17) is 18.9 Å². The molecule has 0 aliphatic carbocycles. The maximum Gasteiger partial charge on any atom is 0.338 e. The van der Waals surface area contributed by atoms with Crippen molar-refractivity contribution in [2.24, 2.45) is 0 Å². The van der Waals surface area contributed by atoms with Crippen molar-refractivity contribution in [1.82, 2.24) is 0 Å². The Morgan fingerprint density at radius 2 is 0.898 bits per heavy atom. The van der Waals surface area contributed by atoms with Crippen LogP contribution in [0, 0.1) is 0 Å². The smallest absolute Gasteiger partial charge is 0.338 e. The zero-order valence-electron chi connectivity index (χ0n) is 35.5. The van der Waals surface area contributed by atoms with Crippen molar-refractivity contribution in [2.45, 2.75) is 117 Å². The third-order valence-corrected chi connectivity index (χ3v) is 10.4. The summed E-state index contributed by atoms with van der Waals surface area (Å²) in [6.07, 6.45) is -3.60. The maximum absolute atomic E-state index is 12.6. The summed E-state index contributed by atoms with van der Waals surface area (Å²) in [6.45, 7) is 13.4. The first-order chi connectivity index (χ1) is 27.7. The summed E-state index contributed by atoms with van der Waals surface area (Å²) in [5.74, 6) is -0.207. The van der Waals surface area contributed by atoms with Gasteiger partial charge in [0.2, 0.25) is 0 Å². The van der Waals surface area contributed by atoms with Gasteiger partial charge in [0.05, 0.1) is 38.6 Å². The Hall–Kier alpha value is -4.37. The second-order valence-corrected chi connectivity index (χ2v) is 17.4. The lowest BCUT2D eigenvalue weighted by molar-refractivity contribution is -0.128. The first-order valence-corrected chi connectivity index (χ1v) is 19.8. The summed E-state index contributed by atoms with van der Waals surface area (Å²) in [5.41, 5.74) is 4.88. The molecule has 0 amide bonds. The molecule has 0 saturated heterocycles. The highest BCUT2D eigenvalue weighted by atomic mass is 16.6. The lowest BCUT2D eigenvalue weighted by Gasteiger charge is -2.30. The molecule has 0 aromatic heterocycles. The van der Waals surface area contributed by atoms with Crippen LogP contribution in [0.2, 0.25) is 0 Å². The summed E-state index contributed by atoms with van der Waals surface area (Å²) < 4.78 is 22.6. The fourth-order valence-electron chi connectivity index (χ4n) is 6.50. The number of ether oxygens (including phenoxy) is 4. The van der Waals surface area contributed by atoms with Crippen molar-refractivity contribution in [2.75, 3.05) is 26.4 Å². The van der Waals surface area contributed by atoms with Gasteiger partial charge in [-0.25, -0.2) is 4.79 Å². The minimum absolute atomic E-state index is 0.0454. The fraction of sp³-hybridized carbons (Fsp3) is 0.468. The van der Waals surface area contributed by atoms with Crippen LogP contribution >= 0.6 is 0 Å². The zero-order valence-corrected chi connectivity index (χ0v) is 35.5. The van der Waals surface area contributed by atoms with Gasteiger partial charge in [0.25, 0.3) is 0 Å². The van der Waals surface area contributed by atoms with Crippen LogP contribution in [-0.4, -0.2) is 80.4 Å². The van der Waals surface area contributed by atoms with Crippen LogP contribution in [0.4, 0.5) is 0 Å². The second kappa shape index (κ2) is 20.3. The van der Waals surface area contributed by atoms with Crippen LogP contribution in [0.5, 0.6) is 11.5 Å². The van der Waals surface area contributed by atoms with E-state index < -0.39 is 56.3 Å². The number of hydrogen-bond acceptors (Lipinski definition) is 12. The Labute approximate surface area is 347 Å². The van der Waals surface area contributed by atoms with Gasteiger partial charge in [0, 0.05) is 33.2 Å². The molecule has 322 valence electrons. The van der Waals surface area contributed by atoms with E-state index in [0.717, 1.165) is 11.1 Å². The Bertz CT molecular complexity index is 1920. The van der Waals surface area contributed by atoms with Crippen molar-refractivity contribution in [3.63, 3.8) is 0 Å². The number of carbonyl (C=O) groups is 1. The molecule has 59 heavy (non-hydrogen) atoms. The summed E-state index contributed by atoms with van der Waals surface area (Å²) in [6, 6.07) is 21.4. The molecule has 4 rings (SSSR count). The van der Waals surface area contributed by atoms with E-state index >= 15 is 0 Å². The van der Waals surface area contributed by atoms with Gasteiger partial charge in [-0.1, -0.05) is 91.8 Å². The number of hydrogen-bond donors (Lipinski definition) is 7. The molecule has 0 bridgehead atoms. The van der Waals surface area contributed by atoms with Crippen LogP contribution in [0.15, 0.2) is 72.8 Å². The molecule has 3 atom stereocenters. The molecule has 12 nitrogen and oxygen atoms in total. The van der Waals surface area contributed by atoms with E-state index in [1.54, 1.807) is 48.5 Å². The van der Waals surface area contributed by atoms with Gasteiger partial charge in [-0.2, -0.15) is 0 Å². The van der Waals surface area contributed by atoms with Gasteiger partial charge < -0.3 is 54.7 Å². The van der Waals surface area contributed by atoms with Crippen molar-refractivity contribution in [1.29, 1.82) is 0 Å². The van der Waals surface area contributed by atoms with E-state index in [1.807, 2.05) is 38.1 Å². The van der Waals surface area contributed by atoms with Crippen LogP contribution < -0.4 is 9.47 Å². The molecule has 3 unspecified atom stereocenters. The second-order valence-electron chi connectivity index (χ2n) is 17.4. The standard InChI is InChI=1S/C47H62O12/c1-45(2,3)35-13-9-29(10-14-35)43(54)58-27-39(52)25-56-41-31(21-48)17-37(18-32(41)22-49)47(7,8)38-19-33(23-50)42(34(20-38)24-51)57-26-40(53)28-59-44(55)30-11-15-36(16-12-30)46(4,5)6/h9-20,39-40,43,48-54H,21-28H2,1-8H3. The molecular formula is C47H62O12. The van der Waals surface area contributed by atoms with E-state index in [0.29, 0.717) is 44.5 Å². The SMILES string of the molecule is CC(C)(C)c1ccc(C(=O)OCC(O)COc2c(CO)cc(C(C)(C)c3cc(CO)c(OCC(O)COC(O)c4ccc(C(C)(C)C)cc4)c(CO)c3)cc2CO)cc1. The van der Waals surface area contributed by atoms with Crippen molar-refractivity contribution in [3.05, 3.63) is 128 Å². The molecule has 0 saturated carbocycles. The number of esters is 1. The van der Waals surface area contributed by atoms with Gasteiger partial charge in [-0.05, 0) is 69.5 Å². The molecule has 0 aliphatic heterocycles. The first-order valence-electron chi connectivity index (χ1n) is 19.8. The van der Waals surface area contributed by atoms with E-state index in [2.05, 4.69) is 41.5 Å². The summed E-state index contributed by atoms with van der Waals surface area (Å²) >= 11 is 0. The molecule has 0 radical (unpaired) electrons. The summed E-state index contributed by atoms with van der Waals surface area (Å²) in [4.78, 5) is 12.6. The van der Waals surface area contributed by atoms with Gasteiger partial charge in [-0.3, -0.25) is 0 Å². The Kier molecular flexibility index (Phi) is 16.2. The minimum Gasteiger partial charge on any atom is -0.490 e. The van der Waals surface area contributed by atoms with Crippen LogP contribution in [0.25, 0.3) is 0 Å². The van der Waals surface area contributed by atoms with Crippen molar-refractivity contribution in [3.8, 4) is 11.5 Å². The van der Waals surface area contributed by atoms with Gasteiger partial charge in [0.1, 0.15) is 43.5 Å². The van der Waals surface area contributed by atoms with E-state index in [9.17, 15) is 40.5 Å². The Balaban J connectivity index is 1.43. The Morgan fingerprint density at radius 3 is 1.27 bits per heavy atom. The first kappa shape index (κ1) is 47.3. The van der Waals surface area contributed by atoms with Crippen LogP contribution in [0.1, 0.15) is 122 Å². The summed E-state index contributed by atoms with van der Waals surface area (Å²) in [5, 5.41) is 73.4. The highest BCUT2D eigenvalue weighted by Crippen LogP contribution is 2.40. The molecule has 0 heterocycles.